The molecular formula is C30H26N2O. The van der Waals surface area contributed by atoms with Crippen molar-refractivity contribution in [1.29, 1.82) is 5.26 Å². The number of hydrogen-bond acceptors (Lipinski definition) is 3. The smallest absolute Gasteiger partial charge is 0.164 e. The number of nitrogens with zero attached hydrogens (tertiary/aromatic N) is 1. The summed E-state index contributed by atoms with van der Waals surface area (Å²) in [5.41, 5.74) is 17.0. The maximum Gasteiger partial charge on any atom is 0.164 e. The highest BCUT2D eigenvalue weighted by Gasteiger charge is 2.38. The zero-order valence-electron chi connectivity index (χ0n) is 19.0. The number of aryl methyl sites for hydroxylation is 2. The third-order valence-corrected chi connectivity index (χ3v) is 6.89. The number of nitriles is 1. The van der Waals surface area contributed by atoms with Crippen molar-refractivity contribution >= 4 is 11.4 Å². The second-order valence-electron chi connectivity index (χ2n) is 8.99. The second-order valence-corrected chi connectivity index (χ2v) is 8.99. The normalized spacial score (nSPS) is 17.5. The SMILES string of the molecule is CCc1cccc(-c2ccc(C3C(C#N)=C(N)CC4=C3C(=O)Cc3ccc(C)cc34)cc2)c1. The van der Waals surface area contributed by atoms with Crippen molar-refractivity contribution in [1.82, 2.24) is 0 Å². The number of rotatable bonds is 3. The minimum Gasteiger partial charge on any atom is -0.401 e. The third-order valence-electron chi connectivity index (χ3n) is 6.89. The van der Waals surface area contributed by atoms with Gasteiger partial charge in [-0.05, 0) is 52.3 Å². The predicted octanol–water partition coefficient (Wildman–Crippen LogP) is 6.03. The number of fused-ring (bicyclic) bond motifs is 2. The minimum absolute atomic E-state index is 0.0892. The first-order valence-corrected chi connectivity index (χ1v) is 11.4. The molecule has 3 aromatic carbocycles. The monoisotopic (exact) mass is 430 g/mol. The number of ketones is 1. The van der Waals surface area contributed by atoms with Gasteiger partial charge in [-0.15, -0.1) is 0 Å². The molecule has 5 rings (SSSR count). The molecule has 0 spiro atoms. The minimum atomic E-state index is -0.420. The van der Waals surface area contributed by atoms with Gasteiger partial charge in [-0.1, -0.05) is 79.2 Å². The summed E-state index contributed by atoms with van der Waals surface area (Å²) < 4.78 is 0. The van der Waals surface area contributed by atoms with Gasteiger partial charge in [0.05, 0.1) is 11.6 Å². The first kappa shape index (κ1) is 21.0. The quantitative estimate of drug-likeness (QED) is 0.552. The largest absolute Gasteiger partial charge is 0.401 e. The van der Waals surface area contributed by atoms with Crippen LogP contribution in [-0.2, 0) is 17.6 Å². The van der Waals surface area contributed by atoms with Gasteiger partial charge in [-0.3, -0.25) is 4.79 Å². The van der Waals surface area contributed by atoms with Crippen LogP contribution in [0, 0.1) is 18.3 Å². The van der Waals surface area contributed by atoms with Crippen LogP contribution in [0.2, 0.25) is 0 Å². The average molecular weight is 431 g/mol. The average Bonchev–Trinajstić information content (AvgIpc) is 2.84. The summed E-state index contributed by atoms with van der Waals surface area (Å²) >= 11 is 0. The van der Waals surface area contributed by atoms with Gasteiger partial charge < -0.3 is 5.73 Å². The molecule has 0 bridgehead atoms. The van der Waals surface area contributed by atoms with Gasteiger partial charge in [0, 0.05) is 30.0 Å². The lowest BCUT2D eigenvalue weighted by Crippen LogP contribution is -2.27. The van der Waals surface area contributed by atoms with E-state index < -0.39 is 5.92 Å². The highest BCUT2D eigenvalue weighted by molar-refractivity contribution is 6.10. The summed E-state index contributed by atoms with van der Waals surface area (Å²) in [4.78, 5) is 13.4. The van der Waals surface area contributed by atoms with Gasteiger partial charge in [0.2, 0.25) is 0 Å². The van der Waals surface area contributed by atoms with Crippen molar-refractivity contribution in [3.05, 3.63) is 111 Å². The highest BCUT2D eigenvalue weighted by atomic mass is 16.1. The van der Waals surface area contributed by atoms with E-state index in [0.717, 1.165) is 50.9 Å². The molecule has 0 saturated carbocycles. The fourth-order valence-electron chi connectivity index (χ4n) is 5.16. The molecule has 0 aliphatic heterocycles. The lowest BCUT2D eigenvalue weighted by Gasteiger charge is -2.33. The van der Waals surface area contributed by atoms with E-state index in [1.807, 2.05) is 24.3 Å². The topological polar surface area (TPSA) is 66.9 Å². The van der Waals surface area contributed by atoms with E-state index in [2.05, 4.69) is 62.4 Å². The van der Waals surface area contributed by atoms with Crippen LogP contribution >= 0.6 is 0 Å². The summed E-state index contributed by atoms with van der Waals surface area (Å²) in [6.07, 6.45) is 1.80. The molecule has 2 aliphatic carbocycles. The van der Waals surface area contributed by atoms with Crippen molar-refractivity contribution in [2.24, 2.45) is 5.73 Å². The molecule has 0 amide bonds. The molecule has 1 unspecified atom stereocenters. The van der Waals surface area contributed by atoms with Gasteiger partial charge in [0.1, 0.15) is 0 Å². The van der Waals surface area contributed by atoms with Gasteiger partial charge in [0.25, 0.3) is 0 Å². The van der Waals surface area contributed by atoms with Crippen molar-refractivity contribution in [3.63, 3.8) is 0 Å². The van der Waals surface area contributed by atoms with Gasteiger partial charge >= 0.3 is 0 Å². The Kier molecular flexibility index (Phi) is 5.23. The highest BCUT2D eigenvalue weighted by Crippen LogP contribution is 2.47. The van der Waals surface area contributed by atoms with E-state index in [0.29, 0.717) is 24.1 Å². The summed E-state index contributed by atoms with van der Waals surface area (Å²) in [7, 11) is 0. The Morgan fingerprint density at radius 3 is 2.52 bits per heavy atom. The number of benzene rings is 3. The standard InChI is InChI=1S/C30H26N2O/c1-3-19-5-4-6-22(14-19)20-9-11-21(12-10-20)29-26(17-31)27(32)16-25-24-13-18(2)7-8-23(24)15-28(33)30(25)29/h4-14,29H,3,15-16,32H2,1-2H3. The van der Waals surface area contributed by atoms with Crippen molar-refractivity contribution in [2.45, 2.75) is 39.0 Å². The van der Waals surface area contributed by atoms with Crippen molar-refractivity contribution in [3.8, 4) is 17.2 Å². The Morgan fingerprint density at radius 2 is 1.79 bits per heavy atom. The van der Waals surface area contributed by atoms with E-state index in [-0.39, 0.29) is 5.78 Å². The summed E-state index contributed by atoms with van der Waals surface area (Å²) in [5.74, 6) is -0.331. The molecule has 1 atom stereocenters. The molecule has 3 nitrogen and oxygen atoms in total. The Balaban J connectivity index is 1.63. The molecule has 162 valence electrons. The molecule has 2 N–H and O–H groups in total. The van der Waals surface area contributed by atoms with Gasteiger partial charge in [-0.2, -0.15) is 5.26 Å². The molecule has 3 heteroatoms. The molecule has 3 aromatic rings. The Bertz CT molecular complexity index is 1380. The number of hydrogen-bond donors (Lipinski definition) is 1. The molecule has 0 heterocycles. The van der Waals surface area contributed by atoms with E-state index in [1.165, 1.54) is 5.56 Å². The number of Topliss-reactive ketones (excluding diaryl/α,β-unsaturated/α-hetero) is 1. The van der Waals surface area contributed by atoms with Crippen LogP contribution in [-0.4, -0.2) is 5.78 Å². The maximum atomic E-state index is 13.4. The second kappa shape index (κ2) is 8.22. The van der Waals surface area contributed by atoms with Crippen molar-refractivity contribution < 1.29 is 4.79 Å². The van der Waals surface area contributed by atoms with Gasteiger partial charge in [-0.25, -0.2) is 0 Å². The summed E-state index contributed by atoms with van der Waals surface area (Å²) in [5, 5.41) is 9.98. The Hall–Kier alpha value is -3.90. The molecule has 0 radical (unpaired) electrons. The lowest BCUT2D eigenvalue weighted by molar-refractivity contribution is -0.115. The zero-order valence-corrected chi connectivity index (χ0v) is 19.0. The van der Waals surface area contributed by atoms with Crippen molar-refractivity contribution in [2.75, 3.05) is 0 Å². The van der Waals surface area contributed by atoms with Crippen LogP contribution in [0.1, 0.15) is 47.1 Å². The fourth-order valence-corrected chi connectivity index (χ4v) is 5.16. The van der Waals surface area contributed by atoms with E-state index in [1.54, 1.807) is 0 Å². The van der Waals surface area contributed by atoms with Crippen LogP contribution in [0.4, 0.5) is 0 Å². The number of carbonyl (C=O) groups is 1. The molecule has 0 aromatic heterocycles. The molecule has 0 saturated heterocycles. The first-order valence-electron chi connectivity index (χ1n) is 11.4. The molecule has 33 heavy (non-hydrogen) atoms. The van der Waals surface area contributed by atoms with Crippen LogP contribution in [0.3, 0.4) is 0 Å². The number of carbonyl (C=O) groups excluding carboxylic acids is 1. The number of nitrogens with two attached hydrogens (primary N) is 1. The Labute approximate surface area is 194 Å². The Morgan fingerprint density at radius 1 is 1.00 bits per heavy atom. The fraction of sp³-hybridized carbons (Fsp3) is 0.200. The lowest BCUT2D eigenvalue weighted by atomic mass is 9.69. The van der Waals surface area contributed by atoms with E-state index in [4.69, 9.17) is 5.73 Å². The molecule has 2 aliphatic rings. The first-order chi connectivity index (χ1) is 16.0. The van der Waals surface area contributed by atoms with Crippen LogP contribution in [0.15, 0.2) is 83.6 Å². The van der Waals surface area contributed by atoms with Gasteiger partial charge in [0.15, 0.2) is 5.78 Å². The van der Waals surface area contributed by atoms with E-state index >= 15 is 0 Å². The third kappa shape index (κ3) is 3.58. The van der Waals surface area contributed by atoms with E-state index in [9.17, 15) is 10.1 Å². The summed E-state index contributed by atoms with van der Waals surface area (Å²) in [6.45, 7) is 4.21. The zero-order chi connectivity index (χ0) is 23.1. The summed E-state index contributed by atoms with van der Waals surface area (Å²) in [6, 6.07) is 25.3. The molecule has 0 fully saturated rings. The molecular weight excluding hydrogens is 404 g/mol. The number of allylic oxidation sites excluding steroid dienone is 3. The maximum absolute atomic E-state index is 13.4. The van der Waals surface area contributed by atoms with Crippen LogP contribution < -0.4 is 5.73 Å². The predicted molar refractivity (Wildman–Crippen MR) is 132 cm³/mol. The van der Waals surface area contributed by atoms with Crippen LogP contribution in [0.5, 0.6) is 0 Å². The van der Waals surface area contributed by atoms with Crippen LogP contribution in [0.25, 0.3) is 16.7 Å².